The molecule has 2 rings (SSSR count). The number of methoxy groups -OCH3 is 1. The molecular weight excluding hydrogens is 306 g/mol. The van der Waals surface area contributed by atoms with Crippen molar-refractivity contribution >= 4 is 17.6 Å². The van der Waals surface area contributed by atoms with Crippen LogP contribution in [0, 0.1) is 0 Å². The molecule has 0 spiro atoms. The van der Waals surface area contributed by atoms with Gasteiger partial charge in [-0.3, -0.25) is 9.59 Å². The fourth-order valence-corrected chi connectivity index (χ4v) is 2.22. The lowest BCUT2D eigenvalue weighted by Crippen LogP contribution is -2.30. The van der Waals surface area contributed by atoms with Crippen molar-refractivity contribution < 1.29 is 19.1 Å². The summed E-state index contributed by atoms with van der Waals surface area (Å²) in [5, 5.41) is 2.70. The number of nitrogens with one attached hydrogen (secondary N) is 1. The van der Waals surface area contributed by atoms with E-state index in [2.05, 4.69) is 5.32 Å². The molecule has 0 aliphatic heterocycles. The number of carbonyl (C=O) groups excluding carboxylic acids is 2. The number of esters is 1. The van der Waals surface area contributed by atoms with Gasteiger partial charge in [-0.05, 0) is 37.1 Å². The zero-order valence-corrected chi connectivity index (χ0v) is 13.8. The Labute approximate surface area is 141 Å². The molecule has 5 heteroatoms. The van der Waals surface area contributed by atoms with E-state index in [-0.39, 0.29) is 12.3 Å². The number of amides is 1. The lowest BCUT2D eigenvalue weighted by molar-refractivity contribution is -0.153. The van der Waals surface area contributed by atoms with Gasteiger partial charge in [0.2, 0.25) is 0 Å². The predicted octanol–water partition coefficient (Wildman–Crippen LogP) is 3.20. The summed E-state index contributed by atoms with van der Waals surface area (Å²) in [6.07, 6.45) is -0.172. The largest absolute Gasteiger partial charge is 0.496 e. The van der Waals surface area contributed by atoms with E-state index in [1.807, 2.05) is 42.5 Å². The number of aryl methyl sites for hydroxylation is 1. The first kappa shape index (κ1) is 17.5. The Balaban J connectivity index is 1.82. The first-order valence-corrected chi connectivity index (χ1v) is 7.77. The van der Waals surface area contributed by atoms with E-state index >= 15 is 0 Å². The zero-order valence-electron chi connectivity index (χ0n) is 13.8. The van der Waals surface area contributed by atoms with Crippen molar-refractivity contribution in [2.24, 2.45) is 0 Å². The van der Waals surface area contributed by atoms with Gasteiger partial charge in [-0.2, -0.15) is 0 Å². The lowest BCUT2D eigenvalue weighted by Gasteiger charge is -2.14. The van der Waals surface area contributed by atoms with Crippen LogP contribution >= 0.6 is 0 Å². The van der Waals surface area contributed by atoms with Crippen LogP contribution in [0.3, 0.4) is 0 Å². The molecular formula is C19H21NO4. The van der Waals surface area contributed by atoms with E-state index in [9.17, 15) is 9.59 Å². The Morgan fingerprint density at radius 1 is 1.04 bits per heavy atom. The number of anilines is 1. The standard InChI is InChI=1S/C19H21NO4/c1-14(19(22)20-16-9-4-3-5-10-16)24-18(21)13-12-15-8-6-7-11-17(15)23-2/h3-11,14H,12-13H2,1-2H3,(H,20,22). The summed E-state index contributed by atoms with van der Waals surface area (Å²) < 4.78 is 10.4. The van der Waals surface area contributed by atoms with Gasteiger partial charge in [0.25, 0.3) is 5.91 Å². The van der Waals surface area contributed by atoms with Gasteiger partial charge < -0.3 is 14.8 Å². The highest BCUT2D eigenvalue weighted by atomic mass is 16.5. The molecule has 0 aliphatic carbocycles. The average Bonchev–Trinajstić information content (AvgIpc) is 2.61. The number of hydrogen-bond donors (Lipinski definition) is 1. The van der Waals surface area contributed by atoms with Crippen LogP contribution < -0.4 is 10.1 Å². The van der Waals surface area contributed by atoms with Crippen LogP contribution in [0.15, 0.2) is 54.6 Å². The molecule has 0 radical (unpaired) electrons. The second kappa shape index (κ2) is 8.72. The minimum absolute atomic E-state index is 0.184. The fraction of sp³-hybridized carbons (Fsp3) is 0.263. The van der Waals surface area contributed by atoms with Gasteiger partial charge in [0, 0.05) is 12.1 Å². The minimum Gasteiger partial charge on any atom is -0.496 e. The topological polar surface area (TPSA) is 64.6 Å². The summed E-state index contributed by atoms with van der Waals surface area (Å²) in [5.41, 5.74) is 1.60. The molecule has 2 aromatic rings. The zero-order chi connectivity index (χ0) is 17.4. The van der Waals surface area contributed by atoms with Gasteiger partial charge in [0.15, 0.2) is 6.10 Å². The van der Waals surface area contributed by atoms with Gasteiger partial charge in [-0.25, -0.2) is 0 Å². The second-order valence-corrected chi connectivity index (χ2v) is 5.30. The van der Waals surface area contributed by atoms with Crippen molar-refractivity contribution in [1.82, 2.24) is 0 Å². The quantitative estimate of drug-likeness (QED) is 0.793. The number of rotatable bonds is 7. The molecule has 0 bridgehead atoms. The molecule has 2 aromatic carbocycles. The molecule has 126 valence electrons. The molecule has 1 N–H and O–H groups in total. The van der Waals surface area contributed by atoms with Gasteiger partial charge in [-0.1, -0.05) is 36.4 Å². The Bertz CT molecular complexity index is 685. The van der Waals surface area contributed by atoms with Crippen LogP contribution in [-0.2, 0) is 20.7 Å². The Kier molecular flexibility index (Phi) is 6.37. The van der Waals surface area contributed by atoms with Crippen LogP contribution in [0.2, 0.25) is 0 Å². The van der Waals surface area contributed by atoms with E-state index in [0.717, 1.165) is 11.3 Å². The number of para-hydroxylation sites is 2. The lowest BCUT2D eigenvalue weighted by atomic mass is 10.1. The smallest absolute Gasteiger partial charge is 0.306 e. The first-order chi connectivity index (χ1) is 11.6. The number of carbonyl (C=O) groups is 2. The van der Waals surface area contributed by atoms with Crippen LogP contribution in [0.4, 0.5) is 5.69 Å². The van der Waals surface area contributed by atoms with Crippen molar-refractivity contribution in [3.8, 4) is 5.75 Å². The number of ether oxygens (including phenoxy) is 2. The molecule has 1 amide bonds. The highest BCUT2D eigenvalue weighted by Gasteiger charge is 2.18. The van der Waals surface area contributed by atoms with Crippen LogP contribution in [0.1, 0.15) is 18.9 Å². The Morgan fingerprint density at radius 3 is 2.42 bits per heavy atom. The SMILES string of the molecule is COc1ccccc1CCC(=O)OC(C)C(=O)Nc1ccccc1. The summed E-state index contributed by atoms with van der Waals surface area (Å²) in [5.74, 6) is -0.0383. The summed E-state index contributed by atoms with van der Waals surface area (Å²) in [4.78, 5) is 24.0. The molecule has 1 atom stereocenters. The monoisotopic (exact) mass is 327 g/mol. The Hall–Kier alpha value is -2.82. The third kappa shape index (κ3) is 5.12. The van der Waals surface area contributed by atoms with Gasteiger partial charge in [0.1, 0.15) is 5.75 Å². The van der Waals surface area contributed by atoms with Crippen molar-refractivity contribution in [2.45, 2.75) is 25.9 Å². The predicted molar refractivity (Wildman–Crippen MR) is 91.9 cm³/mol. The maximum absolute atomic E-state index is 12.0. The maximum Gasteiger partial charge on any atom is 0.306 e. The van der Waals surface area contributed by atoms with Crippen LogP contribution in [0.25, 0.3) is 0 Å². The molecule has 1 unspecified atom stereocenters. The summed E-state index contributed by atoms with van der Waals surface area (Å²) in [6, 6.07) is 16.5. The van der Waals surface area contributed by atoms with Crippen molar-refractivity contribution in [3.05, 3.63) is 60.2 Å². The highest BCUT2D eigenvalue weighted by molar-refractivity contribution is 5.95. The van der Waals surface area contributed by atoms with Crippen molar-refractivity contribution in [1.29, 1.82) is 0 Å². The van der Waals surface area contributed by atoms with Crippen LogP contribution in [-0.4, -0.2) is 25.1 Å². The minimum atomic E-state index is -0.852. The molecule has 0 aromatic heterocycles. The third-order valence-electron chi connectivity index (χ3n) is 3.51. The van der Waals surface area contributed by atoms with E-state index in [0.29, 0.717) is 12.1 Å². The van der Waals surface area contributed by atoms with Crippen molar-refractivity contribution in [3.63, 3.8) is 0 Å². The summed E-state index contributed by atoms with van der Waals surface area (Å²) >= 11 is 0. The van der Waals surface area contributed by atoms with Gasteiger partial charge in [-0.15, -0.1) is 0 Å². The molecule has 0 heterocycles. The molecule has 0 aliphatic rings. The maximum atomic E-state index is 12.0. The number of benzene rings is 2. The Morgan fingerprint density at radius 2 is 1.71 bits per heavy atom. The first-order valence-electron chi connectivity index (χ1n) is 7.77. The summed E-state index contributed by atoms with van der Waals surface area (Å²) in [6.45, 7) is 1.55. The highest BCUT2D eigenvalue weighted by Crippen LogP contribution is 2.19. The fourth-order valence-electron chi connectivity index (χ4n) is 2.22. The van der Waals surface area contributed by atoms with Gasteiger partial charge >= 0.3 is 5.97 Å². The molecule has 0 saturated carbocycles. The van der Waals surface area contributed by atoms with E-state index in [4.69, 9.17) is 9.47 Å². The van der Waals surface area contributed by atoms with E-state index < -0.39 is 12.1 Å². The molecule has 0 saturated heterocycles. The van der Waals surface area contributed by atoms with E-state index in [1.165, 1.54) is 0 Å². The van der Waals surface area contributed by atoms with Crippen LogP contribution in [0.5, 0.6) is 5.75 Å². The van der Waals surface area contributed by atoms with Gasteiger partial charge in [0.05, 0.1) is 7.11 Å². The van der Waals surface area contributed by atoms with E-state index in [1.54, 1.807) is 26.2 Å². The molecule has 5 nitrogen and oxygen atoms in total. The number of hydrogen-bond acceptors (Lipinski definition) is 4. The second-order valence-electron chi connectivity index (χ2n) is 5.30. The summed E-state index contributed by atoms with van der Waals surface area (Å²) in [7, 11) is 1.59. The normalized spacial score (nSPS) is 11.4. The molecule has 24 heavy (non-hydrogen) atoms. The third-order valence-corrected chi connectivity index (χ3v) is 3.51. The average molecular weight is 327 g/mol. The van der Waals surface area contributed by atoms with Crippen molar-refractivity contribution in [2.75, 3.05) is 12.4 Å². The molecule has 0 fully saturated rings.